The average molecular weight is 412 g/mol. The fourth-order valence-electron chi connectivity index (χ4n) is 3.80. The molecule has 30 heavy (non-hydrogen) atoms. The summed E-state index contributed by atoms with van der Waals surface area (Å²) >= 11 is 0. The number of nitrogens with one attached hydrogen (secondary N) is 3. The van der Waals surface area contributed by atoms with Crippen LogP contribution in [0.3, 0.4) is 0 Å². The summed E-state index contributed by atoms with van der Waals surface area (Å²) in [4.78, 5) is 35.2. The third-order valence-corrected chi connectivity index (χ3v) is 5.32. The van der Waals surface area contributed by atoms with Gasteiger partial charge in [0.25, 0.3) is 5.91 Å². The van der Waals surface area contributed by atoms with E-state index in [1.165, 1.54) is 6.20 Å². The van der Waals surface area contributed by atoms with Crippen LogP contribution in [0, 0.1) is 5.95 Å². The van der Waals surface area contributed by atoms with Crippen molar-refractivity contribution in [3.63, 3.8) is 0 Å². The number of hydroxylamine groups is 1. The molecule has 0 radical (unpaired) electrons. The molecule has 8 nitrogen and oxygen atoms in total. The van der Waals surface area contributed by atoms with Gasteiger partial charge in [-0.2, -0.15) is 9.87 Å². The Morgan fingerprint density at radius 2 is 2.00 bits per heavy atom. The zero-order valence-electron chi connectivity index (χ0n) is 16.0. The first kappa shape index (κ1) is 19.8. The first-order valence-electron chi connectivity index (χ1n) is 9.68. The molecule has 2 aromatic heterocycles. The molecule has 1 aliphatic rings. The van der Waals surface area contributed by atoms with E-state index in [9.17, 15) is 14.0 Å². The molecule has 1 fully saturated rings. The van der Waals surface area contributed by atoms with E-state index in [0.29, 0.717) is 47.8 Å². The topological polar surface area (TPSA) is 116 Å². The number of nitrogens with zero attached hydrogens (tertiary/aromatic N) is 1. The normalized spacial score (nSPS) is 18.8. The smallest absolute Gasteiger partial charge is 0.428 e. The van der Waals surface area contributed by atoms with Crippen LogP contribution < -0.4 is 10.8 Å². The predicted molar refractivity (Wildman–Crippen MR) is 107 cm³/mol. The number of H-pyrrole nitrogens is 1. The summed E-state index contributed by atoms with van der Waals surface area (Å²) in [6.07, 6.45) is 4.28. The lowest BCUT2D eigenvalue weighted by atomic mass is 9.93. The number of hydrogen-bond donors (Lipinski definition) is 4. The highest BCUT2D eigenvalue weighted by atomic mass is 19.1. The van der Waals surface area contributed by atoms with Crippen LogP contribution in [0.25, 0.3) is 22.0 Å². The van der Waals surface area contributed by atoms with Crippen LogP contribution >= 0.6 is 0 Å². The van der Waals surface area contributed by atoms with Gasteiger partial charge in [0.15, 0.2) is 0 Å². The van der Waals surface area contributed by atoms with E-state index >= 15 is 0 Å². The highest BCUT2D eigenvalue weighted by Gasteiger charge is 2.25. The molecule has 0 atom stereocenters. The van der Waals surface area contributed by atoms with Crippen molar-refractivity contribution in [1.82, 2.24) is 20.8 Å². The molecule has 9 heteroatoms. The monoisotopic (exact) mass is 412 g/mol. The maximum atomic E-state index is 14.1. The number of hydrogen-bond acceptors (Lipinski definition) is 4. The molecule has 1 aliphatic carbocycles. The molecule has 1 aromatic carbocycles. The highest BCUT2D eigenvalue weighted by molar-refractivity contribution is 6.07. The van der Waals surface area contributed by atoms with Crippen molar-refractivity contribution in [1.29, 1.82) is 0 Å². The van der Waals surface area contributed by atoms with E-state index in [4.69, 9.17) is 9.94 Å². The summed E-state index contributed by atoms with van der Waals surface area (Å²) < 4.78 is 14.1. The zero-order valence-corrected chi connectivity index (χ0v) is 16.0. The number of benzene rings is 1. The van der Waals surface area contributed by atoms with Gasteiger partial charge in [0, 0.05) is 34.9 Å². The minimum Gasteiger partial charge on any atom is -0.464 e. The molecule has 1 saturated carbocycles. The summed E-state index contributed by atoms with van der Waals surface area (Å²) in [6.45, 7) is 0. The Morgan fingerprint density at radius 3 is 2.73 bits per heavy atom. The Morgan fingerprint density at radius 1 is 1.20 bits per heavy atom. The van der Waals surface area contributed by atoms with Crippen molar-refractivity contribution in [2.24, 2.45) is 0 Å². The van der Waals surface area contributed by atoms with E-state index in [1.807, 2.05) is 11.5 Å². The predicted octanol–water partition coefficient (Wildman–Crippen LogP) is 3.61. The van der Waals surface area contributed by atoms with Gasteiger partial charge in [0.2, 0.25) is 5.95 Å². The number of rotatable bonds is 5. The highest BCUT2D eigenvalue weighted by Crippen LogP contribution is 2.28. The number of carbonyl (C=O) groups excluding carboxylic acids is 1. The van der Waals surface area contributed by atoms with Gasteiger partial charge < -0.3 is 15.4 Å². The lowest BCUT2D eigenvalue weighted by molar-refractivity contribution is -0.0355. The fraction of sp³-hybridized carbons (Fsp3) is 0.286. The van der Waals surface area contributed by atoms with Crippen molar-refractivity contribution in [2.75, 3.05) is 0 Å². The van der Waals surface area contributed by atoms with E-state index in [-0.39, 0.29) is 18.1 Å². The van der Waals surface area contributed by atoms with Crippen molar-refractivity contribution in [2.45, 2.75) is 37.8 Å². The Balaban J connectivity index is 1.46. The van der Waals surface area contributed by atoms with Crippen molar-refractivity contribution < 1.29 is 23.9 Å². The van der Waals surface area contributed by atoms with Gasteiger partial charge >= 0.3 is 6.09 Å². The average Bonchev–Trinajstić information content (AvgIpc) is 3.17. The number of carboxylic acid groups (broad SMARTS) is 1. The van der Waals surface area contributed by atoms with Crippen molar-refractivity contribution >= 4 is 22.9 Å². The summed E-state index contributed by atoms with van der Waals surface area (Å²) in [5.74, 6) is -0.771. The number of aromatic amines is 1. The summed E-state index contributed by atoms with van der Waals surface area (Å²) in [5, 5.41) is 12.3. The van der Waals surface area contributed by atoms with E-state index < -0.39 is 12.0 Å². The molecule has 4 N–H and O–H groups in total. The van der Waals surface area contributed by atoms with Gasteiger partial charge in [-0.05, 0) is 55.5 Å². The molecule has 0 saturated heterocycles. The third-order valence-electron chi connectivity index (χ3n) is 5.32. The number of pyridine rings is 1. The molecule has 0 spiro atoms. The molecule has 156 valence electrons. The summed E-state index contributed by atoms with van der Waals surface area (Å²) in [7, 11) is 0. The second kappa shape index (κ2) is 8.50. The van der Waals surface area contributed by atoms with Crippen LogP contribution in [-0.4, -0.2) is 39.2 Å². The van der Waals surface area contributed by atoms with Gasteiger partial charge in [-0.25, -0.2) is 9.78 Å². The van der Waals surface area contributed by atoms with Gasteiger partial charge in [0.1, 0.15) is 0 Å². The number of halogens is 1. The number of carbonyl (C=O) groups is 2. The Bertz CT molecular complexity index is 1080. The molecular weight excluding hydrogens is 391 g/mol. The van der Waals surface area contributed by atoms with Crippen LogP contribution in [0.2, 0.25) is 0 Å². The molecule has 0 unspecified atom stereocenters. The van der Waals surface area contributed by atoms with E-state index in [1.54, 1.807) is 30.5 Å². The van der Waals surface area contributed by atoms with Gasteiger partial charge in [-0.3, -0.25) is 9.63 Å². The maximum absolute atomic E-state index is 14.1. The Labute approximate surface area is 171 Å². The molecule has 0 bridgehead atoms. The standard InChI is InChI=1S/C21H21FN4O4/c22-19-15(2-1-9-23-19)12-3-8-18-16(10-12)17(11-24-18)20(27)25-13-4-6-14(7-5-13)30-26-21(28)29/h1-3,8-11,13-14,24,26H,4-7H2,(H,25,27)(H,28,29)/t13-,14-. The van der Waals surface area contributed by atoms with E-state index in [2.05, 4.69) is 15.3 Å². The van der Waals surface area contributed by atoms with Crippen LogP contribution in [0.5, 0.6) is 0 Å². The number of aromatic nitrogens is 2. The van der Waals surface area contributed by atoms with Crippen LogP contribution in [0.4, 0.5) is 9.18 Å². The van der Waals surface area contributed by atoms with Crippen LogP contribution in [0.1, 0.15) is 36.0 Å². The molecule has 3 aromatic rings. The minimum absolute atomic E-state index is 0.0221. The van der Waals surface area contributed by atoms with Crippen LogP contribution in [-0.2, 0) is 4.84 Å². The lowest BCUT2D eigenvalue weighted by Gasteiger charge is -2.28. The van der Waals surface area contributed by atoms with E-state index in [0.717, 1.165) is 5.52 Å². The lowest BCUT2D eigenvalue weighted by Crippen LogP contribution is -2.40. The van der Waals surface area contributed by atoms with Gasteiger partial charge in [-0.15, -0.1) is 0 Å². The molecule has 2 heterocycles. The maximum Gasteiger partial charge on any atom is 0.428 e. The molecule has 4 rings (SSSR count). The molecule has 2 amide bonds. The van der Waals surface area contributed by atoms with Gasteiger partial charge in [0.05, 0.1) is 11.7 Å². The van der Waals surface area contributed by atoms with Crippen molar-refractivity contribution in [3.8, 4) is 11.1 Å². The SMILES string of the molecule is O=C(O)NO[C@H]1CC[C@H](NC(=O)c2c[nH]c3ccc(-c4cccnc4F)cc23)CC1. The second-order valence-electron chi connectivity index (χ2n) is 7.28. The Kier molecular flexibility index (Phi) is 5.62. The van der Waals surface area contributed by atoms with Crippen LogP contribution in [0.15, 0.2) is 42.7 Å². The van der Waals surface area contributed by atoms with Crippen molar-refractivity contribution in [3.05, 3.63) is 54.2 Å². The largest absolute Gasteiger partial charge is 0.464 e. The fourth-order valence-corrected chi connectivity index (χ4v) is 3.80. The molecular formula is C21H21FN4O4. The first-order chi connectivity index (χ1) is 14.5. The number of amides is 2. The van der Waals surface area contributed by atoms with Gasteiger partial charge in [-0.1, -0.05) is 6.07 Å². The summed E-state index contributed by atoms with van der Waals surface area (Å²) in [5.41, 5.74) is 4.22. The Hall–Kier alpha value is -3.46. The number of fused-ring (bicyclic) bond motifs is 1. The quantitative estimate of drug-likeness (QED) is 0.377. The minimum atomic E-state index is -1.23. The first-order valence-corrected chi connectivity index (χ1v) is 9.68. The zero-order chi connectivity index (χ0) is 21.1. The third kappa shape index (κ3) is 4.25. The molecule has 0 aliphatic heterocycles. The summed E-state index contributed by atoms with van der Waals surface area (Å²) in [6, 6.07) is 8.67. The second-order valence-corrected chi connectivity index (χ2v) is 7.28.